The minimum Gasteiger partial charge on any atom is -0.236 e. The number of unbranched alkanes of at least 4 members (excludes halogenated alkanes) is 6. The second-order valence-corrected chi connectivity index (χ2v) is 8.42. The average Bonchev–Trinajstić information content (AvgIpc) is 2.81. The summed E-state index contributed by atoms with van der Waals surface area (Å²) in [7, 11) is 0. The fraction of sp³-hybridized carbons (Fsp3) is 0.429. The Labute approximate surface area is 187 Å². The molecule has 0 aliphatic carbocycles. The van der Waals surface area contributed by atoms with Crippen LogP contribution in [0.4, 0.5) is 4.39 Å². The molecule has 1 aromatic heterocycles. The minimum absolute atomic E-state index is 0.161. The second-order valence-electron chi connectivity index (χ2n) is 8.42. The number of aryl methyl sites for hydroxylation is 2. The molecule has 0 unspecified atom stereocenters. The van der Waals surface area contributed by atoms with E-state index in [0.717, 1.165) is 54.4 Å². The van der Waals surface area contributed by atoms with Crippen LogP contribution in [0.1, 0.15) is 76.3 Å². The Morgan fingerprint density at radius 3 is 1.94 bits per heavy atom. The zero-order chi connectivity index (χ0) is 21.9. The fourth-order valence-electron chi connectivity index (χ4n) is 3.88. The molecule has 0 atom stereocenters. The van der Waals surface area contributed by atoms with Crippen LogP contribution in [-0.4, -0.2) is 9.97 Å². The molecule has 0 spiro atoms. The standard InChI is InChI=1S/C28H35FN2/c1-3-5-7-8-10-11-22-13-15-23(16-14-22)26-20-30-28(31-21-26)25-18-17-24(27(29)19-25)12-9-6-4-2/h13-21H,3-12H2,1-2H3. The zero-order valence-corrected chi connectivity index (χ0v) is 19.0. The van der Waals surface area contributed by atoms with Crippen molar-refractivity contribution in [3.05, 3.63) is 71.8 Å². The number of nitrogens with zero attached hydrogens (tertiary/aromatic N) is 2. The highest BCUT2D eigenvalue weighted by atomic mass is 19.1. The molecule has 2 aromatic carbocycles. The Hall–Kier alpha value is -2.55. The van der Waals surface area contributed by atoms with Crippen molar-refractivity contribution in [3.8, 4) is 22.5 Å². The molecule has 3 rings (SSSR count). The summed E-state index contributed by atoms with van der Waals surface area (Å²) >= 11 is 0. The summed E-state index contributed by atoms with van der Waals surface area (Å²) in [5.41, 5.74) is 4.97. The van der Waals surface area contributed by atoms with Crippen molar-refractivity contribution in [1.82, 2.24) is 9.97 Å². The normalized spacial score (nSPS) is 11.1. The molecular formula is C28H35FN2. The van der Waals surface area contributed by atoms with Gasteiger partial charge in [0.2, 0.25) is 0 Å². The molecule has 0 aliphatic heterocycles. The second kappa shape index (κ2) is 12.3. The van der Waals surface area contributed by atoms with E-state index in [2.05, 4.69) is 48.1 Å². The third-order valence-electron chi connectivity index (χ3n) is 5.87. The van der Waals surface area contributed by atoms with Gasteiger partial charge >= 0.3 is 0 Å². The van der Waals surface area contributed by atoms with Gasteiger partial charge in [0.25, 0.3) is 0 Å². The Bertz CT molecular complexity index is 917. The molecule has 3 heteroatoms. The van der Waals surface area contributed by atoms with Gasteiger partial charge < -0.3 is 0 Å². The van der Waals surface area contributed by atoms with Crippen LogP contribution in [0, 0.1) is 5.82 Å². The first-order valence-corrected chi connectivity index (χ1v) is 11.9. The predicted octanol–water partition coefficient (Wildman–Crippen LogP) is 8.20. The lowest BCUT2D eigenvalue weighted by molar-refractivity contribution is 0.599. The first-order valence-electron chi connectivity index (χ1n) is 11.9. The number of rotatable bonds is 12. The molecule has 0 saturated carbocycles. The van der Waals surface area contributed by atoms with E-state index in [1.54, 1.807) is 6.07 Å². The lowest BCUT2D eigenvalue weighted by Crippen LogP contribution is -1.95. The number of benzene rings is 2. The van der Waals surface area contributed by atoms with Crippen LogP contribution in [0.5, 0.6) is 0 Å². The van der Waals surface area contributed by atoms with Crippen LogP contribution in [0.2, 0.25) is 0 Å². The molecule has 0 N–H and O–H groups in total. The van der Waals surface area contributed by atoms with Crippen LogP contribution in [0.25, 0.3) is 22.5 Å². The highest BCUT2D eigenvalue weighted by Crippen LogP contribution is 2.23. The quantitative estimate of drug-likeness (QED) is 0.277. The van der Waals surface area contributed by atoms with Gasteiger partial charge in [-0.1, -0.05) is 88.8 Å². The molecule has 0 fully saturated rings. The number of hydrogen-bond acceptors (Lipinski definition) is 2. The highest BCUT2D eigenvalue weighted by molar-refractivity contribution is 5.64. The maximum absolute atomic E-state index is 14.4. The maximum atomic E-state index is 14.4. The first-order chi connectivity index (χ1) is 15.2. The van der Waals surface area contributed by atoms with Crippen molar-refractivity contribution in [2.24, 2.45) is 0 Å². The van der Waals surface area contributed by atoms with Gasteiger partial charge in [-0.2, -0.15) is 0 Å². The molecular weight excluding hydrogens is 383 g/mol. The van der Waals surface area contributed by atoms with E-state index < -0.39 is 0 Å². The number of halogens is 1. The van der Waals surface area contributed by atoms with E-state index in [9.17, 15) is 4.39 Å². The fourth-order valence-corrected chi connectivity index (χ4v) is 3.88. The van der Waals surface area contributed by atoms with Gasteiger partial charge in [-0.25, -0.2) is 14.4 Å². The van der Waals surface area contributed by atoms with Crippen LogP contribution in [0.15, 0.2) is 54.9 Å². The highest BCUT2D eigenvalue weighted by Gasteiger charge is 2.08. The lowest BCUT2D eigenvalue weighted by Gasteiger charge is -2.07. The van der Waals surface area contributed by atoms with E-state index >= 15 is 0 Å². The van der Waals surface area contributed by atoms with Gasteiger partial charge in [0.1, 0.15) is 5.82 Å². The van der Waals surface area contributed by atoms with Crippen molar-refractivity contribution in [3.63, 3.8) is 0 Å². The van der Waals surface area contributed by atoms with Gasteiger partial charge in [0.05, 0.1) is 0 Å². The van der Waals surface area contributed by atoms with Crippen molar-refractivity contribution >= 4 is 0 Å². The molecule has 0 saturated heterocycles. The summed E-state index contributed by atoms with van der Waals surface area (Å²) in [6, 6.07) is 14.1. The molecule has 164 valence electrons. The summed E-state index contributed by atoms with van der Waals surface area (Å²) in [4.78, 5) is 8.99. The van der Waals surface area contributed by atoms with Gasteiger partial charge in [-0.05, 0) is 48.4 Å². The van der Waals surface area contributed by atoms with E-state index in [-0.39, 0.29) is 5.82 Å². The molecule has 0 bridgehead atoms. The van der Waals surface area contributed by atoms with Gasteiger partial charge in [0, 0.05) is 23.5 Å². The molecule has 0 amide bonds. The van der Waals surface area contributed by atoms with Crippen LogP contribution < -0.4 is 0 Å². The first kappa shape index (κ1) is 23.1. The van der Waals surface area contributed by atoms with Crippen molar-refractivity contribution in [1.29, 1.82) is 0 Å². The van der Waals surface area contributed by atoms with Gasteiger partial charge in [0.15, 0.2) is 5.82 Å². The Morgan fingerprint density at radius 2 is 1.26 bits per heavy atom. The number of aromatic nitrogens is 2. The Morgan fingerprint density at radius 1 is 0.645 bits per heavy atom. The van der Waals surface area contributed by atoms with E-state index in [4.69, 9.17) is 0 Å². The van der Waals surface area contributed by atoms with Crippen molar-refractivity contribution < 1.29 is 4.39 Å². The van der Waals surface area contributed by atoms with Gasteiger partial charge in [-0.15, -0.1) is 0 Å². The summed E-state index contributed by atoms with van der Waals surface area (Å²) < 4.78 is 14.4. The van der Waals surface area contributed by atoms with Crippen molar-refractivity contribution in [2.75, 3.05) is 0 Å². The summed E-state index contributed by atoms with van der Waals surface area (Å²) in [6.07, 6.45) is 15.4. The summed E-state index contributed by atoms with van der Waals surface area (Å²) in [5.74, 6) is 0.401. The summed E-state index contributed by atoms with van der Waals surface area (Å²) in [5, 5.41) is 0. The van der Waals surface area contributed by atoms with Gasteiger partial charge in [-0.3, -0.25) is 0 Å². The van der Waals surface area contributed by atoms with Crippen LogP contribution in [-0.2, 0) is 12.8 Å². The molecule has 0 aliphatic rings. The van der Waals surface area contributed by atoms with E-state index in [0.29, 0.717) is 5.82 Å². The average molecular weight is 419 g/mol. The third-order valence-corrected chi connectivity index (χ3v) is 5.87. The zero-order valence-electron chi connectivity index (χ0n) is 19.0. The van der Waals surface area contributed by atoms with E-state index in [1.807, 2.05) is 24.5 Å². The van der Waals surface area contributed by atoms with Crippen LogP contribution >= 0.6 is 0 Å². The Kier molecular flexibility index (Phi) is 9.20. The molecule has 1 heterocycles. The Balaban J connectivity index is 1.60. The lowest BCUT2D eigenvalue weighted by atomic mass is 10.0. The predicted molar refractivity (Wildman–Crippen MR) is 129 cm³/mol. The summed E-state index contributed by atoms with van der Waals surface area (Å²) in [6.45, 7) is 4.41. The maximum Gasteiger partial charge on any atom is 0.159 e. The monoisotopic (exact) mass is 418 g/mol. The SMILES string of the molecule is CCCCCCCc1ccc(-c2cnc(-c3ccc(CCCCC)c(F)c3)nc2)cc1. The number of hydrogen-bond donors (Lipinski definition) is 0. The largest absolute Gasteiger partial charge is 0.236 e. The molecule has 2 nitrogen and oxygen atoms in total. The van der Waals surface area contributed by atoms with Crippen molar-refractivity contribution in [2.45, 2.75) is 78.1 Å². The minimum atomic E-state index is -0.161. The molecule has 0 radical (unpaired) electrons. The molecule has 31 heavy (non-hydrogen) atoms. The smallest absolute Gasteiger partial charge is 0.159 e. The third kappa shape index (κ3) is 6.99. The van der Waals surface area contributed by atoms with E-state index in [1.165, 1.54) is 37.7 Å². The molecule has 3 aromatic rings. The topological polar surface area (TPSA) is 25.8 Å². The van der Waals surface area contributed by atoms with Crippen LogP contribution in [0.3, 0.4) is 0 Å².